The number of aliphatic hydroxyl groups is 1. The molecule has 1 N–H and O–H groups in total. The lowest BCUT2D eigenvalue weighted by Gasteiger charge is -2.26. The molecule has 1 saturated carbocycles. The summed E-state index contributed by atoms with van der Waals surface area (Å²) >= 11 is 6.10. The molecule has 3 rings (SSSR count). The minimum atomic E-state index is -0.344. The zero-order valence-corrected chi connectivity index (χ0v) is 15.0. The van der Waals surface area contributed by atoms with Crippen LogP contribution in [0.1, 0.15) is 37.8 Å². The Morgan fingerprint density at radius 1 is 1.00 bits per heavy atom. The van der Waals surface area contributed by atoms with E-state index in [4.69, 9.17) is 16.3 Å². The Morgan fingerprint density at radius 3 is 2.21 bits per heavy atom. The number of rotatable bonds is 5. The summed E-state index contributed by atoms with van der Waals surface area (Å²) in [6.45, 7) is 4.98. The first kappa shape index (κ1) is 17.3. The lowest BCUT2D eigenvalue weighted by atomic mass is 9.78. The van der Waals surface area contributed by atoms with Gasteiger partial charge in [-0.15, -0.1) is 11.6 Å². The van der Waals surface area contributed by atoms with Crippen molar-refractivity contribution in [3.63, 3.8) is 0 Å². The second kappa shape index (κ2) is 7.16. The van der Waals surface area contributed by atoms with Crippen molar-refractivity contribution >= 4 is 11.6 Å². The fourth-order valence-corrected chi connectivity index (χ4v) is 3.82. The van der Waals surface area contributed by atoms with Crippen LogP contribution in [0.5, 0.6) is 5.75 Å². The van der Waals surface area contributed by atoms with Crippen molar-refractivity contribution in [3.05, 3.63) is 65.7 Å². The van der Waals surface area contributed by atoms with Gasteiger partial charge in [-0.05, 0) is 36.1 Å². The van der Waals surface area contributed by atoms with Crippen LogP contribution in [-0.4, -0.2) is 23.2 Å². The zero-order valence-electron chi connectivity index (χ0n) is 14.3. The van der Waals surface area contributed by atoms with Crippen molar-refractivity contribution < 1.29 is 9.84 Å². The van der Waals surface area contributed by atoms with Gasteiger partial charge in [-0.3, -0.25) is 0 Å². The highest BCUT2D eigenvalue weighted by Crippen LogP contribution is 2.33. The fourth-order valence-electron chi connectivity index (χ4n) is 3.41. The van der Waals surface area contributed by atoms with Gasteiger partial charge in [-0.1, -0.05) is 56.3 Å². The van der Waals surface area contributed by atoms with Gasteiger partial charge >= 0.3 is 0 Å². The summed E-state index contributed by atoms with van der Waals surface area (Å²) in [5.41, 5.74) is 2.50. The lowest BCUT2D eigenvalue weighted by molar-refractivity contribution is 0.0986. The first-order chi connectivity index (χ1) is 11.5. The van der Waals surface area contributed by atoms with Gasteiger partial charge in [0.05, 0.1) is 12.7 Å². The molecule has 3 heteroatoms. The molecule has 0 spiro atoms. The average molecular weight is 345 g/mol. The fraction of sp³-hybridized carbons (Fsp3) is 0.429. The molecule has 0 heterocycles. The molecule has 0 radical (unpaired) electrons. The molecule has 2 aromatic carbocycles. The number of hydrogen-bond acceptors (Lipinski definition) is 2. The minimum Gasteiger partial charge on any atom is -0.493 e. The molecule has 3 atom stereocenters. The van der Waals surface area contributed by atoms with Gasteiger partial charge in [0, 0.05) is 16.7 Å². The first-order valence-electron chi connectivity index (χ1n) is 8.58. The van der Waals surface area contributed by atoms with Crippen LogP contribution in [0, 0.1) is 5.92 Å². The smallest absolute Gasteiger partial charge is 0.119 e. The molecular weight excluding hydrogens is 320 g/mol. The number of ether oxygens (including phenoxy) is 1. The maximum absolute atomic E-state index is 9.95. The first-order valence-corrected chi connectivity index (χ1v) is 9.01. The van der Waals surface area contributed by atoms with Crippen molar-refractivity contribution in [1.29, 1.82) is 0 Å². The second-order valence-electron chi connectivity index (χ2n) is 7.22. The van der Waals surface area contributed by atoms with Gasteiger partial charge in [0.1, 0.15) is 5.75 Å². The number of hydrogen-bond donors (Lipinski definition) is 1. The van der Waals surface area contributed by atoms with Crippen LogP contribution in [-0.2, 0) is 5.41 Å². The summed E-state index contributed by atoms with van der Waals surface area (Å²) in [6, 6.07) is 18.8. The maximum Gasteiger partial charge on any atom is 0.119 e. The molecule has 2 aromatic rings. The third-order valence-corrected chi connectivity index (χ3v) is 5.49. The Balaban J connectivity index is 1.65. The summed E-state index contributed by atoms with van der Waals surface area (Å²) in [7, 11) is 0. The highest BCUT2D eigenvalue weighted by Gasteiger charge is 2.32. The number of halogens is 1. The van der Waals surface area contributed by atoms with Crippen LogP contribution in [0.25, 0.3) is 0 Å². The topological polar surface area (TPSA) is 29.5 Å². The van der Waals surface area contributed by atoms with Crippen molar-refractivity contribution in [2.24, 2.45) is 5.92 Å². The highest BCUT2D eigenvalue weighted by molar-refractivity contribution is 6.20. The third kappa shape index (κ3) is 3.76. The molecule has 1 aliphatic carbocycles. The molecule has 0 unspecified atom stereocenters. The number of benzene rings is 2. The monoisotopic (exact) mass is 344 g/mol. The van der Waals surface area contributed by atoms with Gasteiger partial charge in [0.2, 0.25) is 0 Å². The van der Waals surface area contributed by atoms with Crippen molar-refractivity contribution in [3.8, 4) is 5.75 Å². The molecule has 0 bridgehead atoms. The van der Waals surface area contributed by atoms with Crippen LogP contribution in [0.2, 0.25) is 0 Å². The Labute approximate surface area is 149 Å². The standard InChI is InChI=1S/C21H25ClO2/c1-21(2,16-6-4-3-5-7-16)17-8-10-19(11-9-17)24-14-15-12-18(22)13-20(15)23/h3-11,15,18,20,23H,12-14H2,1-2H3/t15-,18-,20+/m0/s1. The minimum absolute atomic E-state index is 0.0483. The Kier molecular flexibility index (Phi) is 5.17. The van der Waals surface area contributed by atoms with E-state index in [2.05, 4.69) is 50.2 Å². The SMILES string of the molecule is CC(C)(c1ccccc1)c1ccc(OC[C@@H]2C[C@H](Cl)C[C@H]2O)cc1. The van der Waals surface area contributed by atoms with E-state index >= 15 is 0 Å². The largest absolute Gasteiger partial charge is 0.493 e. The van der Waals surface area contributed by atoms with Gasteiger partial charge in [-0.25, -0.2) is 0 Å². The number of aliphatic hydroxyl groups excluding tert-OH is 1. The molecule has 1 aliphatic rings. The van der Waals surface area contributed by atoms with Crippen LogP contribution >= 0.6 is 11.6 Å². The van der Waals surface area contributed by atoms with E-state index in [1.54, 1.807) is 0 Å². The van der Waals surface area contributed by atoms with Crippen molar-refractivity contribution in [2.75, 3.05) is 6.61 Å². The van der Waals surface area contributed by atoms with E-state index in [1.165, 1.54) is 11.1 Å². The van der Waals surface area contributed by atoms with E-state index in [-0.39, 0.29) is 22.8 Å². The van der Waals surface area contributed by atoms with Crippen LogP contribution in [0.15, 0.2) is 54.6 Å². The molecular formula is C21H25ClO2. The molecule has 2 nitrogen and oxygen atoms in total. The average Bonchev–Trinajstić information content (AvgIpc) is 2.91. The summed E-state index contributed by atoms with van der Waals surface area (Å²) in [5.74, 6) is 0.973. The van der Waals surface area contributed by atoms with Crippen LogP contribution < -0.4 is 4.74 Å². The summed E-state index contributed by atoms with van der Waals surface area (Å²) in [5, 5.41) is 10.0. The molecule has 0 aromatic heterocycles. The quantitative estimate of drug-likeness (QED) is 0.792. The van der Waals surface area contributed by atoms with Gasteiger partial charge in [0.15, 0.2) is 0 Å². The highest BCUT2D eigenvalue weighted by atomic mass is 35.5. The van der Waals surface area contributed by atoms with E-state index in [1.807, 2.05) is 18.2 Å². The van der Waals surface area contributed by atoms with Gasteiger partial charge < -0.3 is 9.84 Å². The second-order valence-corrected chi connectivity index (χ2v) is 7.84. The Hall–Kier alpha value is -1.51. The summed E-state index contributed by atoms with van der Waals surface area (Å²) in [6.07, 6.45) is 1.14. The predicted octanol–water partition coefficient (Wildman–Crippen LogP) is 4.77. The molecule has 0 amide bonds. The van der Waals surface area contributed by atoms with Gasteiger partial charge in [-0.2, -0.15) is 0 Å². The van der Waals surface area contributed by atoms with Crippen LogP contribution in [0.3, 0.4) is 0 Å². The van der Waals surface area contributed by atoms with Crippen molar-refractivity contribution in [1.82, 2.24) is 0 Å². The molecule has 128 valence electrons. The van der Waals surface area contributed by atoms with E-state index in [0.29, 0.717) is 13.0 Å². The van der Waals surface area contributed by atoms with E-state index < -0.39 is 0 Å². The van der Waals surface area contributed by atoms with E-state index in [9.17, 15) is 5.11 Å². The Bertz CT molecular complexity index is 651. The molecule has 0 saturated heterocycles. The molecule has 1 fully saturated rings. The molecule has 0 aliphatic heterocycles. The number of alkyl halides is 1. The van der Waals surface area contributed by atoms with E-state index in [0.717, 1.165) is 12.2 Å². The normalized spacial score (nSPS) is 24.1. The van der Waals surface area contributed by atoms with Crippen molar-refractivity contribution in [2.45, 2.75) is 43.6 Å². The predicted molar refractivity (Wildman–Crippen MR) is 98.9 cm³/mol. The van der Waals surface area contributed by atoms with Crippen LogP contribution in [0.4, 0.5) is 0 Å². The zero-order chi connectivity index (χ0) is 17.2. The third-order valence-electron chi connectivity index (χ3n) is 5.14. The van der Waals surface area contributed by atoms with Gasteiger partial charge in [0.25, 0.3) is 0 Å². The maximum atomic E-state index is 9.95. The molecule has 24 heavy (non-hydrogen) atoms. The summed E-state index contributed by atoms with van der Waals surface area (Å²) in [4.78, 5) is 0. The lowest BCUT2D eigenvalue weighted by Crippen LogP contribution is -2.21. The summed E-state index contributed by atoms with van der Waals surface area (Å²) < 4.78 is 5.86. The Morgan fingerprint density at radius 2 is 1.62 bits per heavy atom.